The van der Waals surface area contributed by atoms with Crippen molar-refractivity contribution in [2.24, 2.45) is 0 Å². The molecule has 1 aliphatic rings. The lowest BCUT2D eigenvalue weighted by atomic mass is 10.1. The van der Waals surface area contributed by atoms with Crippen LogP contribution in [0, 0.1) is 0 Å². The number of fused-ring (bicyclic) bond motifs is 1. The summed E-state index contributed by atoms with van der Waals surface area (Å²) in [5, 5.41) is 6.50. The Morgan fingerprint density at radius 3 is 2.84 bits per heavy atom. The molecule has 0 spiro atoms. The van der Waals surface area contributed by atoms with E-state index in [0.29, 0.717) is 25.1 Å². The van der Waals surface area contributed by atoms with Crippen molar-refractivity contribution >= 4 is 28.8 Å². The molecule has 3 rings (SSSR count). The molecule has 1 N–H and O–H groups in total. The van der Waals surface area contributed by atoms with Gasteiger partial charge in [-0.2, -0.15) is 11.3 Å². The quantitative estimate of drug-likeness (QED) is 0.915. The van der Waals surface area contributed by atoms with Gasteiger partial charge in [-0.05, 0) is 30.0 Å². The summed E-state index contributed by atoms with van der Waals surface area (Å²) in [6, 6.07) is 10.1. The van der Waals surface area contributed by atoms with E-state index in [1.54, 1.807) is 11.4 Å². The third kappa shape index (κ3) is 4.02. The third-order valence-corrected chi connectivity index (χ3v) is 5.23. The fourth-order valence-electron chi connectivity index (χ4n) is 3.21. The maximum Gasteiger partial charge on any atom is 0.252 e. The summed E-state index contributed by atoms with van der Waals surface area (Å²) in [6.07, 6.45) is 0.312. The molecule has 1 aromatic heterocycles. The van der Waals surface area contributed by atoms with Gasteiger partial charge in [0.1, 0.15) is 0 Å². The average Bonchev–Trinajstić information content (AvgIpc) is 3.10. The number of rotatable bonds is 4. The smallest absolute Gasteiger partial charge is 0.252 e. The molecule has 132 valence electrons. The van der Waals surface area contributed by atoms with Gasteiger partial charge in [0.2, 0.25) is 5.91 Å². The van der Waals surface area contributed by atoms with Crippen molar-refractivity contribution < 1.29 is 9.59 Å². The Kier molecular flexibility index (Phi) is 5.38. The number of amides is 2. The maximum absolute atomic E-state index is 12.7. The second kappa shape index (κ2) is 7.70. The standard InChI is InChI=1S/C19H23N3O2S/c1-14-11-21(2)17-6-4-3-5-15(17)12-22(14)18(23)7-9-20-19(24)16-8-10-25-13-16/h3-6,8,10,13-14H,7,9,11-12H2,1-2H3,(H,20,24). The highest BCUT2D eigenvalue weighted by molar-refractivity contribution is 7.08. The van der Waals surface area contributed by atoms with Gasteiger partial charge in [-0.15, -0.1) is 0 Å². The van der Waals surface area contributed by atoms with Crippen LogP contribution in [0.2, 0.25) is 0 Å². The maximum atomic E-state index is 12.7. The van der Waals surface area contributed by atoms with E-state index in [1.807, 2.05) is 22.4 Å². The van der Waals surface area contributed by atoms with Gasteiger partial charge in [0.15, 0.2) is 0 Å². The zero-order valence-corrected chi connectivity index (χ0v) is 15.4. The average molecular weight is 357 g/mol. The van der Waals surface area contributed by atoms with Gasteiger partial charge in [-0.1, -0.05) is 18.2 Å². The summed E-state index contributed by atoms with van der Waals surface area (Å²) in [4.78, 5) is 28.8. The summed E-state index contributed by atoms with van der Waals surface area (Å²) < 4.78 is 0. The van der Waals surface area contributed by atoms with Crippen LogP contribution in [0.1, 0.15) is 29.3 Å². The number of nitrogens with one attached hydrogen (secondary N) is 1. The largest absolute Gasteiger partial charge is 0.372 e. The molecular formula is C19H23N3O2S. The number of hydrogen-bond acceptors (Lipinski definition) is 4. The molecule has 0 radical (unpaired) electrons. The van der Waals surface area contributed by atoms with Crippen molar-refractivity contribution in [3.8, 4) is 0 Å². The summed E-state index contributed by atoms with van der Waals surface area (Å²) in [6.45, 7) is 3.83. The molecule has 25 heavy (non-hydrogen) atoms. The molecule has 0 fully saturated rings. The first-order valence-corrected chi connectivity index (χ1v) is 9.39. The minimum absolute atomic E-state index is 0.0724. The Labute approximate surface area is 152 Å². The Morgan fingerprint density at radius 2 is 2.08 bits per heavy atom. The van der Waals surface area contributed by atoms with Crippen LogP contribution in [-0.4, -0.2) is 42.9 Å². The van der Waals surface area contributed by atoms with E-state index in [9.17, 15) is 9.59 Å². The summed E-state index contributed by atoms with van der Waals surface area (Å²) in [5.41, 5.74) is 2.98. The van der Waals surface area contributed by atoms with Gasteiger partial charge in [0.25, 0.3) is 5.91 Å². The second-order valence-electron chi connectivity index (χ2n) is 6.40. The predicted molar refractivity (Wildman–Crippen MR) is 101 cm³/mol. The van der Waals surface area contributed by atoms with E-state index in [2.05, 4.69) is 36.3 Å². The number of carbonyl (C=O) groups is 2. The van der Waals surface area contributed by atoms with Crippen molar-refractivity contribution in [1.82, 2.24) is 10.2 Å². The van der Waals surface area contributed by atoms with E-state index in [-0.39, 0.29) is 17.9 Å². The molecule has 1 aliphatic heterocycles. The Morgan fingerprint density at radius 1 is 1.28 bits per heavy atom. The zero-order valence-electron chi connectivity index (χ0n) is 14.6. The number of thiophene rings is 1. The molecule has 5 nitrogen and oxygen atoms in total. The third-order valence-electron chi connectivity index (χ3n) is 4.54. The van der Waals surface area contributed by atoms with E-state index in [1.165, 1.54) is 17.0 Å². The van der Waals surface area contributed by atoms with Crippen molar-refractivity contribution in [2.75, 3.05) is 25.0 Å². The first-order chi connectivity index (χ1) is 12.1. The number of nitrogens with zero attached hydrogens (tertiary/aromatic N) is 2. The number of likely N-dealkylation sites (N-methyl/N-ethyl adjacent to an activating group) is 1. The SMILES string of the molecule is CC1CN(C)c2ccccc2CN1C(=O)CCNC(=O)c1ccsc1. The molecule has 2 amide bonds. The number of anilines is 1. The van der Waals surface area contributed by atoms with E-state index in [4.69, 9.17) is 0 Å². The van der Waals surface area contributed by atoms with Crippen LogP contribution in [-0.2, 0) is 11.3 Å². The molecule has 1 atom stereocenters. The summed E-state index contributed by atoms with van der Waals surface area (Å²) in [5.74, 6) is -0.0498. The van der Waals surface area contributed by atoms with Crippen molar-refractivity contribution in [3.63, 3.8) is 0 Å². The van der Waals surface area contributed by atoms with Crippen molar-refractivity contribution in [2.45, 2.75) is 25.9 Å². The van der Waals surface area contributed by atoms with E-state index in [0.717, 1.165) is 12.1 Å². The summed E-state index contributed by atoms with van der Waals surface area (Å²) in [7, 11) is 2.06. The first kappa shape index (κ1) is 17.5. The predicted octanol–water partition coefficient (Wildman–Crippen LogP) is 2.74. The van der Waals surface area contributed by atoms with E-state index >= 15 is 0 Å². The first-order valence-electron chi connectivity index (χ1n) is 8.45. The van der Waals surface area contributed by atoms with Crippen LogP contribution < -0.4 is 10.2 Å². The van der Waals surface area contributed by atoms with Crippen LogP contribution in [0.5, 0.6) is 0 Å². The van der Waals surface area contributed by atoms with Crippen LogP contribution in [0.3, 0.4) is 0 Å². The molecule has 0 saturated carbocycles. The monoisotopic (exact) mass is 357 g/mol. The number of para-hydroxylation sites is 1. The minimum atomic E-state index is -0.122. The van der Waals surface area contributed by atoms with Crippen LogP contribution in [0.4, 0.5) is 5.69 Å². The van der Waals surface area contributed by atoms with Crippen molar-refractivity contribution in [1.29, 1.82) is 0 Å². The van der Waals surface area contributed by atoms with Crippen LogP contribution in [0.25, 0.3) is 0 Å². The molecule has 6 heteroatoms. The molecular weight excluding hydrogens is 334 g/mol. The molecule has 1 unspecified atom stereocenters. The lowest BCUT2D eigenvalue weighted by Crippen LogP contribution is -2.43. The highest BCUT2D eigenvalue weighted by atomic mass is 32.1. The van der Waals surface area contributed by atoms with Gasteiger partial charge in [-0.25, -0.2) is 0 Å². The lowest BCUT2D eigenvalue weighted by Gasteiger charge is -2.28. The zero-order chi connectivity index (χ0) is 17.8. The number of benzene rings is 1. The molecule has 1 aromatic carbocycles. The Balaban J connectivity index is 1.60. The van der Waals surface area contributed by atoms with E-state index < -0.39 is 0 Å². The van der Waals surface area contributed by atoms with Crippen LogP contribution >= 0.6 is 11.3 Å². The number of hydrogen-bond donors (Lipinski definition) is 1. The van der Waals surface area contributed by atoms with Gasteiger partial charge in [0, 0.05) is 55.8 Å². The molecule has 2 aromatic rings. The van der Waals surface area contributed by atoms with Gasteiger partial charge < -0.3 is 15.1 Å². The lowest BCUT2D eigenvalue weighted by molar-refractivity contribution is -0.133. The summed E-state index contributed by atoms with van der Waals surface area (Å²) >= 11 is 1.49. The normalized spacial score (nSPS) is 17.0. The highest BCUT2D eigenvalue weighted by Crippen LogP contribution is 2.26. The molecule has 2 heterocycles. The molecule has 0 bridgehead atoms. The minimum Gasteiger partial charge on any atom is -0.372 e. The Hall–Kier alpha value is -2.34. The second-order valence-corrected chi connectivity index (χ2v) is 7.18. The van der Waals surface area contributed by atoms with Crippen LogP contribution in [0.15, 0.2) is 41.1 Å². The molecule has 0 aliphatic carbocycles. The van der Waals surface area contributed by atoms with Gasteiger partial charge in [-0.3, -0.25) is 9.59 Å². The number of carbonyl (C=O) groups excluding carboxylic acids is 2. The fraction of sp³-hybridized carbons (Fsp3) is 0.368. The Bertz CT molecular complexity index is 745. The highest BCUT2D eigenvalue weighted by Gasteiger charge is 2.26. The molecule has 0 saturated heterocycles. The fourth-order valence-corrected chi connectivity index (χ4v) is 3.84. The van der Waals surface area contributed by atoms with Gasteiger partial charge >= 0.3 is 0 Å². The van der Waals surface area contributed by atoms with Gasteiger partial charge in [0.05, 0.1) is 0 Å². The van der Waals surface area contributed by atoms with Crippen molar-refractivity contribution in [3.05, 3.63) is 52.2 Å². The topological polar surface area (TPSA) is 52.6 Å².